The molecule has 1 atom stereocenters. The minimum Gasteiger partial charge on any atom is -0.462 e. The Kier molecular flexibility index (Phi) is 8.67. The molecule has 2 amide bonds. The van der Waals surface area contributed by atoms with Crippen molar-refractivity contribution in [3.8, 4) is 6.07 Å². The fourth-order valence-electron chi connectivity index (χ4n) is 3.89. The molecule has 1 heterocycles. The molecule has 1 aliphatic heterocycles. The van der Waals surface area contributed by atoms with Gasteiger partial charge in [0.05, 0.1) is 34.7 Å². The van der Waals surface area contributed by atoms with Crippen molar-refractivity contribution in [1.82, 2.24) is 0 Å². The largest absolute Gasteiger partial charge is 0.462 e. The monoisotopic (exact) mass is 553 g/mol. The van der Waals surface area contributed by atoms with E-state index in [1.54, 1.807) is 55.5 Å². The number of carbonyl (C=O) groups excluding carboxylic acids is 3. The lowest BCUT2D eigenvalue weighted by molar-refractivity contribution is -0.115. The van der Waals surface area contributed by atoms with Crippen molar-refractivity contribution < 1.29 is 19.1 Å². The zero-order chi connectivity index (χ0) is 28.8. The lowest BCUT2D eigenvalue weighted by atomic mass is 10.1. The maximum absolute atomic E-state index is 13.5. The number of rotatable bonds is 7. The number of amides is 2. The first-order chi connectivity index (χ1) is 19.2. The van der Waals surface area contributed by atoms with Crippen LogP contribution in [0.1, 0.15) is 34.0 Å². The molecule has 0 unspecified atom stereocenters. The van der Waals surface area contributed by atoms with Gasteiger partial charge in [-0.05, 0) is 80.4 Å². The van der Waals surface area contributed by atoms with Crippen LogP contribution in [0.2, 0.25) is 0 Å². The smallest absolute Gasteiger partial charge is 0.338 e. The molecule has 1 aliphatic rings. The number of nitrogens with two attached hydrogens (primary N) is 1. The van der Waals surface area contributed by atoms with Gasteiger partial charge < -0.3 is 21.1 Å². The van der Waals surface area contributed by atoms with Crippen molar-refractivity contribution in [2.75, 3.05) is 17.2 Å². The number of hydrogen-bond acceptors (Lipinski definition) is 8. The van der Waals surface area contributed by atoms with Gasteiger partial charge in [-0.1, -0.05) is 30.0 Å². The molecule has 0 aromatic heterocycles. The van der Waals surface area contributed by atoms with E-state index in [1.165, 1.54) is 0 Å². The summed E-state index contributed by atoms with van der Waals surface area (Å²) in [4.78, 5) is 43.4. The van der Waals surface area contributed by atoms with E-state index in [0.29, 0.717) is 28.2 Å². The second-order valence-corrected chi connectivity index (χ2v) is 10.0. The Labute approximate surface area is 236 Å². The Balaban J connectivity index is 1.66. The number of esters is 1. The van der Waals surface area contributed by atoms with Crippen LogP contribution in [0.4, 0.5) is 17.1 Å². The number of anilines is 2. The van der Waals surface area contributed by atoms with Crippen LogP contribution in [-0.2, 0) is 14.3 Å². The fraction of sp³-hybridized carbons (Fsp3) is 0.167. The van der Waals surface area contributed by atoms with E-state index in [1.807, 2.05) is 38.1 Å². The van der Waals surface area contributed by atoms with E-state index < -0.39 is 23.0 Å². The van der Waals surface area contributed by atoms with Gasteiger partial charge in [0.2, 0.25) is 5.91 Å². The summed E-state index contributed by atoms with van der Waals surface area (Å²) in [6.45, 7) is 5.92. The molecule has 0 saturated carbocycles. The number of ether oxygens (including phenoxy) is 1. The second kappa shape index (κ2) is 12.3. The summed E-state index contributed by atoms with van der Waals surface area (Å²) in [5.74, 6) is -1.50. The number of benzene rings is 3. The van der Waals surface area contributed by atoms with Crippen molar-refractivity contribution >= 4 is 51.7 Å². The summed E-state index contributed by atoms with van der Waals surface area (Å²) in [6.07, 6.45) is 0. The third-order valence-corrected chi connectivity index (χ3v) is 7.38. The van der Waals surface area contributed by atoms with Gasteiger partial charge in [-0.2, -0.15) is 5.26 Å². The molecule has 202 valence electrons. The molecular weight excluding hydrogens is 526 g/mol. The number of aliphatic imine (C=N–C) groups is 1. The quantitative estimate of drug-likeness (QED) is 0.349. The fourth-order valence-corrected chi connectivity index (χ4v) is 5.01. The highest BCUT2D eigenvalue weighted by Crippen LogP contribution is 2.36. The Hall–Kier alpha value is -4.88. The number of nitrogens with one attached hydrogen (secondary N) is 2. The van der Waals surface area contributed by atoms with Gasteiger partial charge in [-0.25, -0.2) is 9.79 Å². The topological polar surface area (TPSA) is 147 Å². The van der Waals surface area contributed by atoms with Crippen LogP contribution >= 0.6 is 11.8 Å². The lowest BCUT2D eigenvalue weighted by Gasteiger charge is -2.12. The molecule has 4 rings (SSSR count). The normalized spacial score (nSPS) is 15.4. The van der Waals surface area contributed by atoms with Crippen molar-refractivity contribution in [2.24, 2.45) is 10.7 Å². The molecule has 0 spiro atoms. The first-order valence-electron chi connectivity index (χ1n) is 12.4. The van der Waals surface area contributed by atoms with Gasteiger partial charge in [-0.15, -0.1) is 0 Å². The summed E-state index contributed by atoms with van der Waals surface area (Å²) in [5, 5.41) is 14.2. The highest BCUT2D eigenvalue weighted by atomic mass is 32.2. The zero-order valence-electron chi connectivity index (χ0n) is 22.1. The van der Waals surface area contributed by atoms with Crippen LogP contribution in [0, 0.1) is 25.2 Å². The summed E-state index contributed by atoms with van der Waals surface area (Å²) >= 11 is 1.06. The van der Waals surface area contributed by atoms with Crippen LogP contribution in [0.25, 0.3) is 0 Å². The van der Waals surface area contributed by atoms with E-state index in [-0.39, 0.29) is 22.9 Å². The van der Waals surface area contributed by atoms with Gasteiger partial charge in [0, 0.05) is 11.4 Å². The molecule has 0 aliphatic carbocycles. The predicted octanol–water partition coefficient (Wildman–Crippen LogP) is 4.99. The first-order valence-corrected chi connectivity index (χ1v) is 13.3. The van der Waals surface area contributed by atoms with Crippen LogP contribution in [0.3, 0.4) is 0 Å². The summed E-state index contributed by atoms with van der Waals surface area (Å²) in [5.41, 5.74) is 10.7. The number of hydrogen-bond donors (Lipinski definition) is 3. The molecular formula is C30H27N5O4S. The van der Waals surface area contributed by atoms with Crippen molar-refractivity contribution in [3.05, 3.63) is 100 Å². The number of para-hydroxylation sites is 1. The Bertz CT molecular complexity index is 1590. The summed E-state index contributed by atoms with van der Waals surface area (Å²) in [6, 6.07) is 20.5. The van der Waals surface area contributed by atoms with Gasteiger partial charge >= 0.3 is 5.97 Å². The van der Waals surface area contributed by atoms with Crippen LogP contribution < -0.4 is 16.4 Å². The van der Waals surface area contributed by atoms with E-state index in [0.717, 1.165) is 22.9 Å². The van der Waals surface area contributed by atoms with Crippen LogP contribution in [0.5, 0.6) is 0 Å². The molecule has 40 heavy (non-hydrogen) atoms. The third-order valence-electron chi connectivity index (χ3n) is 6.16. The molecule has 0 saturated heterocycles. The van der Waals surface area contributed by atoms with E-state index in [2.05, 4.69) is 15.6 Å². The van der Waals surface area contributed by atoms with Crippen molar-refractivity contribution in [1.29, 1.82) is 5.26 Å². The Morgan fingerprint density at radius 1 is 1.02 bits per heavy atom. The van der Waals surface area contributed by atoms with Crippen molar-refractivity contribution in [3.63, 3.8) is 0 Å². The molecule has 3 aromatic rings. The molecule has 0 fully saturated rings. The molecule has 10 heteroatoms. The van der Waals surface area contributed by atoms with Crippen molar-refractivity contribution in [2.45, 2.75) is 26.0 Å². The Morgan fingerprint density at radius 3 is 2.42 bits per heavy atom. The van der Waals surface area contributed by atoms with Crippen LogP contribution in [0.15, 0.2) is 83.0 Å². The van der Waals surface area contributed by atoms with Crippen LogP contribution in [-0.4, -0.2) is 34.7 Å². The maximum atomic E-state index is 13.5. The predicted molar refractivity (Wildman–Crippen MR) is 156 cm³/mol. The van der Waals surface area contributed by atoms with Gasteiger partial charge in [-0.3, -0.25) is 9.59 Å². The number of nitriles is 1. The summed E-state index contributed by atoms with van der Waals surface area (Å²) in [7, 11) is 0. The lowest BCUT2D eigenvalue weighted by Crippen LogP contribution is -2.29. The number of aryl methyl sites for hydroxylation is 2. The van der Waals surface area contributed by atoms with Gasteiger partial charge in [0.1, 0.15) is 16.4 Å². The minimum absolute atomic E-state index is 0.0418. The highest BCUT2D eigenvalue weighted by Gasteiger charge is 2.38. The highest BCUT2D eigenvalue weighted by molar-refractivity contribution is 8.16. The number of nitrogens with zero attached hydrogens (tertiary/aromatic N) is 2. The molecule has 3 aromatic carbocycles. The zero-order valence-corrected chi connectivity index (χ0v) is 23.0. The average molecular weight is 554 g/mol. The molecule has 0 bridgehead atoms. The first kappa shape index (κ1) is 28.1. The third kappa shape index (κ3) is 6.22. The van der Waals surface area contributed by atoms with E-state index >= 15 is 0 Å². The number of thioether (sulfide) groups is 1. The SMILES string of the molecule is CCOC(=O)c1ccc(NC(=O)C2=C(N)[C@H](C(=O)Nc3ccccc3C#N)SC2=Nc2ccc(C)c(C)c2)cc1. The van der Waals surface area contributed by atoms with Gasteiger partial charge in [0.25, 0.3) is 5.91 Å². The standard InChI is InChI=1S/C30H27N5O4S/c1-4-39-30(38)19-10-13-21(14-11-19)33-27(36)24-25(32)26(28(37)35-23-8-6-5-7-20(23)16-31)40-29(24)34-22-12-9-17(2)18(3)15-22/h5-15,26H,4,32H2,1-3H3,(H,33,36)(H,35,37)/t26-/m1/s1. The second-order valence-electron chi connectivity index (χ2n) is 8.91. The molecule has 9 nitrogen and oxygen atoms in total. The summed E-state index contributed by atoms with van der Waals surface area (Å²) < 4.78 is 5.00. The minimum atomic E-state index is -0.955. The maximum Gasteiger partial charge on any atom is 0.338 e. The Morgan fingerprint density at radius 2 is 1.75 bits per heavy atom. The van der Waals surface area contributed by atoms with E-state index in [9.17, 15) is 19.6 Å². The molecule has 4 N–H and O–H groups in total. The average Bonchev–Trinajstić information content (AvgIpc) is 3.27. The molecule has 0 radical (unpaired) electrons. The number of carbonyl (C=O) groups is 3. The van der Waals surface area contributed by atoms with E-state index in [4.69, 9.17) is 10.5 Å². The van der Waals surface area contributed by atoms with Gasteiger partial charge in [0.15, 0.2) is 0 Å².